The molecule has 0 radical (unpaired) electrons. The Morgan fingerprint density at radius 1 is 1.00 bits per heavy atom. The average molecular weight is 565 g/mol. The first-order valence-corrected chi connectivity index (χ1v) is 15.1. The Morgan fingerprint density at radius 2 is 1.73 bits per heavy atom. The summed E-state index contributed by atoms with van der Waals surface area (Å²) < 4.78 is 1.65. The number of rotatable bonds is 7. The van der Waals surface area contributed by atoms with Crippen molar-refractivity contribution in [2.45, 2.75) is 37.8 Å². The van der Waals surface area contributed by atoms with E-state index in [4.69, 9.17) is 4.98 Å². The maximum atomic E-state index is 13.8. The number of hydrazone groups is 1. The molecule has 2 heterocycles. The van der Waals surface area contributed by atoms with Crippen molar-refractivity contribution in [3.63, 3.8) is 0 Å². The number of hydrogen-bond acceptors (Lipinski definition) is 6. The molecule has 6 rings (SSSR count). The van der Waals surface area contributed by atoms with Crippen LogP contribution in [-0.2, 0) is 17.6 Å². The van der Waals surface area contributed by atoms with Gasteiger partial charge in [0.05, 0.1) is 23.0 Å². The van der Waals surface area contributed by atoms with Crippen molar-refractivity contribution >= 4 is 45.4 Å². The highest BCUT2D eigenvalue weighted by molar-refractivity contribution is 7.99. The normalized spacial score (nSPS) is 13.0. The third-order valence-electron chi connectivity index (χ3n) is 7.00. The summed E-state index contributed by atoms with van der Waals surface area (Å²) in [5.41, 5.74) is 8.71. The van der Waals surface area contributed by atoms with Gasteiger partial charge in [0.1, 0.15) is 4.83 Å². The number of nitrogens with zero attached hydrogens (tertiary/aromatic N) is 3. The van der Waals surface area contributed by atoms with Crippen LogP contribution in [0.3, 0.4) is 0 Å². The molecule has 5 aromatic rings. The molecule has 1 aliphatic carbocycles. The van der Waals surface area contributed by atoms with Gasteiger partial charge in [-0.05, 0) is 67.0 Å². The minimum Gasteiger partial charge on any atom is -0.272 e. The van der Waals surface area contributed by atoms with E-state index >= 15 is 0 Å². The highest BCUT2D eigenvalue weighted by atomic mass is 32.2. The summed E-state index contributed by atoms with van der Waals surface area (Å²) in [5.74, 6) is -0.184. The maximum Gasteiger partial charge on any atom is 0.267 e. The number of amides is 1. The number of carbonyl (C=O) groups is 1. The van der Waals surface area contributed by atoms with Crippen LogP contribution in [0.2, 0.25) is 0 Å². The van der Waals surface area contributed by atoms with Gasteiger partial charge in [-0.3, -0.25) is 14.2 Å². The first-order valence-electron chi connectivity index (χ1n) is 13.3. The van der Waals surface area contributed by atoms with Crippen LogP contribution in [-0.4, -0.2) is 27.4 Å². The number of aryl methyl sites for hydroxylation is 3. The summed E-state index contributed by atoms with van der Waals surface area (Å²) >= 11 is 2.87. The molecule has 6 nitrogen and oxygen atoms in total. The van der Waals surface area contributed by atoms with Gasteiger partial charge < -0.3 is 0 Å². The third kappa shape index (κ3) is 5.50. The molecule has 3 aromatic carbocycles. The SMILES string of the molecule is Cc1ccc(-n2c(SCC(=O)NN=Cc3ccc(-c4ccccc4)cc3)nc3sc4c(c3c2=O)CCCC4)cc1. The van der Waals surface area contributed by atoms with Gasteiger partial charge in [-0.2, -0.15) is 5.10 Å². The summed E-state index contributed by atoms with van der Waals surface area (Å²) in [5, 5.41) is 5.38. The third-order valence-corrected chi connectivity index (χ3v) is 9.13. The molecule has 1 N–H and O–H groups in total. The first-order chi connectivity index (χ1) is 19.6. The fourth-order valence-corrected chi connectivity index (χ4v) is 7.05. The lowest BCUT2D eigenvalue weighted by atomic mass is 9.97. The minimum atomic E-state index is -0.266. The summed E-state index contributed by atoms with van der Waals surface area (Å²) in [6.07, 6.45) is 5.78. The molecular formula is C32H28N4O2S2. The number of nitrogens with one attached hydrogen (secondary N) is 1. The highest BCUT2D eigenvalue weighted by Gasteiger charge is 2.23. The summed E-state index contributed by atoms with van der Waals surface area (Å²) in [7, 11) is 0. The number of carbonyl (C=O) groups excluding carboxylic acids is 1. The largest absolute Gasteiger partial charge is 0.272 e. The van der Waals surface area contributed by atoms with Crippen molar-refractivity contribution in [1.82, 2.24) is 15.0 Å². The Balaban J connectivity index is 1.19. The van der Waals surface area contributed by atoms with Crippen molar-refractivity contribution < 1.29 is 4.79 Å². The number of hydrogen-bond donors (Lipinski definition) is 1. The maximum absolute atomic E-state index is 13.8. The lowest BCUT2D eigenvalue weighted by molar-refractivity contribution is -0.118. The van der Waals surface area contributed by atoms with Gasteiger partial charge >= 0.3 is 0 Å². The molecule has 0 saturated carbocycles. The number of thiophene rings is 1. The van der Waals surface area contributed by atoms with Gasteiger partial charge in [0, 0.05) is 4.88 Å². The second-order valence-corrected chi connectivity index (χ2v) is 11.9. The van der Waals surface area contributed by atoms with Gasteiger partial charge in [-0.15, -0.1) is 11.3 Å². The van der Waals surface area contributed by atoms with Crippen LogP contribution >= 0.6 is 23.1 Å². The lowest BCUT2D eigenvalue weighted by Gasteiger charge is -2.13. The van der Waals surface area contributed by atoms with Crippen molar-refractivity contribution in [2.75, 3.05) is 5.75 Å². The topological polar surface area (TPSA) is 76.3 Å². The van der Waals surface area contributed by atoms with Crippen molar-refractivity contribution in [2.24, 2.45) is 5.10 Å². The molecule has 1 aliphatic rings. The van der Waals surface area contributed by atoms with Crippen molar-refractivity contribution in [1.29, 1.82) is 0 Å². The average Bonchev–Trinajstić information content (AvgIpc) is 3.36. The second-order valence-electron chi connectivity index (χ2n) is 9.83. The van der Waals surface area contributed by atoms with E-state index in [1.165, 1.54) is 16.6 Å². The Morgan fingerprint density at radius 3 is 2.50 bits per heavy atom. The zero-order valence-electron chi connectivity index (χ0n) is 22.1. The predicted molar refractivity (Wildman–Crippen MR) is 165 cm³/mol. The van der Waals surface area contributed by atoms with E-state index in [1.54, 1.807) is 22.1 Å². The Hall–Kier alpha value is -4.01. The smallest absolute Gasteiger partial charge is 0.267 e. The molecule has 0 unspecified atom stereocenters. The van der Waals surface area contributed by atoms with Crippen molar-refractivity contribution in [3.8, 4) is 16.8 Å². The van der Waals surface area contributed by atoms with Crippen LogP contribution in [0.1, 0.15) is 34.4 Å². The van der Waals surface area contributed by atoms with Crippen LogP contribution in [0.4, 0.5) is 0 Å². The van der Waals surface area contributed by atoms with Crippen LogP contribution < -0.4 is 11.0 Å². The zero-order valence-corrected chi connectivity index (χ0v) is 23.7. The van der Waals surface area contributed by atoms with E-state index in [2.05, 4.69) is 22.7 Å². The standard InChI is InChI=1S/C32H28N4O2S2/c1-21-11-17-25(18-12-21)36-31(38)29-26-9-5-6-10-27(26)40-30(29)34-32(36)39-20-28(37)35-33-19-22-13-15-24(16-14-22)23-7-3-2-4-8-23/h2-4,7-8,11-19H,5-6,9-10,20H2,1H3,(H,35,37). The Kier molecular flexibility index (Phi) is 7.62. The number of thioether (sulfide) groups is 1. The molecule has 0 fully saturated rings. The number of fused-ring (bicyclic) bond motifs is 3. The van der Waals surface area contributed by atoms with E-state index in [0.717, 1.165) is 69.4 Å². The van der Waals surface area contributed by atoms with Gasteiger partial charge in [0.25, 0.3) is 11.5 Å². The molecule has 2 aromatic heterocycles. The minimum absolute atomic E-state index is 0.0619. The van der Waals surface area contributed by atoms with Crippen LogP contribution in [0.15, 0.2) is 93.9 Å². The fourth-order valence-electron chi connectivity index (χ4n) is 4.94. The van der Waals surface area contributed by atoms with Gasteiger partial charge in [-0.25, -0.2) is 10.4 Å². The van der Waals surface area contributed by atoms with E-state index in [9.17, 15) is 9.59 Å². The van der Waals surface area contributed by atoms with E-state index < -0.39 is 0 Å². The number of aromatic nitrogens is 2. The molecule has 8 heteroatoms. The van der Waals surface area contributed by atoms with E-state index in [-0.39, 0.29) is 17.2 Å². The molecule has 0 aliphatic heterocycles. The molecule has 1 amide bonds. The molecule has 0 bridgehead atoms. The Bertz CT molecular complexity index is 1760. The van der Waals surface area contributed by atoms with E-state index in [1.807, 2.05) is 73.7 Å². The van der Waals surface area contributed by atoms with Crippen LogP contribution in [0.5, 0.6) is 0 Å². The monoisotopic (exact) mass is 564 g/mol. The quantitative estimate of drug-likeness (QED) is 0.105. The lowest BCUT2D eigenvalue weighted by Crippen LogP contribution is -2.24. The molecule has 0 spiro atoms. The Labute approximate surface area is 240 Å². The first kappa shape index (κ1) is 26.2. The second kappa shape index (κ2) is 11.6. The van der Waals surface area contributed by atoms with Gasteiger partial charge in [-0.1, -0.05) is 84.1 Å². The number of benzene rings is 3. The highest BCUT2D eigenvalue weighted by Crippen LogP contribution is 2.35. The summed E-state index contributed by atoms with van der Waals surface area (Å²) in [4.78, 5) is 33.5. The molecule has 200 valence electrons. The molecule has 0 saturated heterocycles. The zero-order chi connectivity index (χ0) is 27.5. The summed E-state index contributed by atoms with van der Waals surface area (Å²) in [6, 6.07) is 26.0. The molecule has 40 heavy (non-hydrogen) atoms. The molecular weight excluding hydrogens is 537 g/mol. The van der Waals surface area contributed by atoms with E-state index in [0.29, 0.717) is 5.16 Å². The van der Waals surface area contributed by atoms with Gasteiger partial charge in [0.2, 0.25) is 0 Å². The molecule has 0 atom stereocenters. The van der Waals surface area contributed by atoms with Crippen LogP contribution in [0, 0.1) is 6.92 Å². The van der Waals surface area contributed by atoms with Crippen LogP contribution in [0.25, 0.3) is 27.0 Å². The fraction of sp³-hybridized carbons (Fsp3) is 0.188. The predicted octanol–water partition coefficient (Wildman–Crippen LogP) is 6.54. The summed E-state index contributed by atoms with van der Waals surface area (Å²) in [6.45, 7) is 2.02. The van der Waals surface area contributed by atoms with Gasteiger partial charge in [0.15, 0.2) is 5.16 Å². The van der Waals surface area contributed by atoms with Crippen molar-refractivity contribution in [3.05, 3.63) is 111 Å².